The molecule has 2 aliphatic rings. The third-order valence-electron chi connectivity index (χ3n) is 5.06. The first kappa shape index (κ1) is 18.0. The Morgan fingerprint density at radius 3 is 2.57 bits per heavy atom. The molecule has 0 spiro atoms. The van der Waals surface area contributed by atoms with Crippen molar-refractivity contribution in [3.05, 3.63) is 97.9 Å². The summed E-state index contributed by atoms with van der Waals surface area (Å²) in [5, 5.41) is 8.39. The van der Waals surface area contributed by atoms with E-state index in [1.807, 2.05) is 65.7 Å². The Morgan fingerprint density at radius 2 is 1.79 bits per heavy atom. The summed E-state index contributed by atoms with van der Waals surface area (Å²) in [4.78, 5) is 0. The lowest BCUT2D eigenvalue weighted by Crippen LogP contribution is -2.33. The van der Waals surface area contributed by atoms with Gasteiger partial charge in [-0.1, -0.05) is 63.4 Å². The van der Waals surface area contributed by atoms with E-state index < -0.39 is 0 Å². The summed E-state index contributed by atoms with van der Waals surface area (Å²) >= 11 is 15.9. The molecule has 0 aliphatic carbocycles. The van der Waals surface area contributed by atoms with Crippen LogP contribution in [0.5, 0.6) is 5.75 Å². The maximum Gasteiger partial charge on any atom is 0.213 e. The van der Waals surface area contributed by atoms with Gasteiger partial charge in [0.2, 0.25) is 6.23 Å². The standard InChI is InChI=1S/C22H15BrCl2N2O/c23-15-6-9-21-18(11-15)20-12-19(13-4-7-16(24)8-5-13)26-27(20)22(28-21)14-2-1-3-17(25)10-14/h1-11,20,22H,12H2/t20-,22-/m1/s1. The first-order chi connectivity index (χ1) is 13.6. The molecular formula is C22H15BrCl2N2O. The van der Waals surface area contributed by atoms with Crippen LogP contribution in [-0.2, 0) is 0 Å². The predicted octanol–water partition coefficient (Wildman–Crippen LogP) is 7.00. The lowest BCUT2D eigenvalue weighted by atomic mass is 9.96. The van der Waals surface area contributed by atoms with Gasteiger partial charge in [0.15, 0.2) is 0 Å². The molecule has 0 fully saturated rings. The van der Waals surface area contributed by atoms with Crippen molar-refractivity contribution in [2.75, 3.05) is 0 Å². The minimum absolute atomic E-state index is 0.0934. The van der Waals surface area contributed by atoms with Crippen molar-refractivity contribution < 1.29 is 4.74 Å². The Balaban J connectivity index is 1.61. The molecular weight excluding hydrogens is 459 g/mol. The number of hydrogen-bond acceptors (Lipinski definition) is 3. The third-order valence-corrected chi connectivity index (χ3v) is 6.04. The van der Waals surface area contributed by atoms with Crippen LogP contribution in [0.1, 0.15) is 35.4 Å². The summed E-state index contributed by atoms with van der Waals surface area (Å²) in [6.45, 7) is 0. The number of benzene rings is 3. The van der Waals surface area contributed by atoms with Gasteiger partial charge in [0, 0.05) is 32.1 Å². The van der Waals surface area contributed by atoms with Crippen LogP contribution in [0, 0.1) is 0 Å². The molecule has 3 aromatic carbocycles. The minimum atomic E-state index is -0.331. The third kappa shape index (κ3) is 3.20. The second-order valence-electron chi connectivity index (χ2n) is 6.86. The molecule has 2 atom stereocenters. The number of fused-ring (bicyclic) bond motifs is 3. The normalized spacial score (nSPS) is 20.2. The van der Waals surface area contributed by atoms with Gasteiger partial charge in [-0.15, -0.1) is 0 Å². The highest BCUT2D eigenvalue weighted by atomic mass is 79.9. The van der Waals surface area contributed by atoms with Crippen LogP contribution in [-0.4, -0.2) is 10.7 Å². The Labute approximate surface area is 181 Å². The van der Waals surface area contributed by atoms with Crippen molar-refractivity contribution in [3.63, 3.8) is 0 Å². The van der Waals surface area contributed by atoms with Crippen molar-refractivity contribution in [2.45, 2.75) is 18.7 Å². The molecule has 0 aromatic heterocycles. The zero-order valence-electron chi connectivity index (χ0n) is 14.6. The van der Waals surface area contributed by atoms with E-state index in [1.165, 1.54) is 0 Å². The van der Waals surface area contributed by atoms with Gasteiger partial charge < -0.3 is 4.74 Å². The van der Waals surface area contributed by atoms with Gasteiger partial charge in [0.05, 0.1) is 11.8 Å². The lowest BCUT2D eigenvalue weighted by molar-refractivity contribution is -0.0190. The summed E-state index contributed by atoms with van der Waals surface area (Å²) < 4.78 is 7.39. The Kier molecular flexibility index (Phi) is 4.58. The summed E-state index contributed by atoms with van der Waals surface area (Å²) in [7, 11) is 0. The first-order valence-electron chi connectivity index (χ1n) is 8.92. The largest absolute Gasteiger partial charge is 0.464 e. The smallest absolute Gasteiger partial charge is 0.213 e. The van der Waals surface area contributed by atoms with Gasteiger partial charge in [0.25, 0.3) is 0 Å². The molecule has 0 unspecified atom stereocenters. The molecule has 2 heterocycles. The number of hydrazone groups is 1. The van der Waals surface area contributed by atoms with Crippen LogP contribution in [0.25, 0.3) is 0 Å². The number of hydrogen-bond donors (Lipinski definition) is 0. The van der Waals surface area contributed by atoms with E-state index in [-0.39, 0.29) is 12.3 Å². The van der Waals surface area contributed by atoms with Crippen molar-refractivity contribution in [1.82, 2.24) is 5.01 Å². The topological polar surface area (TPSA) is 24.8 Å². The minimum Gasteiger partial charge on any atom is -0.464 e. The van der Waals surface area contributed by atoms with Crippen LogP contribution >= 0.6 is 39.1 Å². The van der Waals surface area contributed by atoms with Crippen molar-refractivity contribution in [2.24, 2.45) is 5.10 Å². The van der Waals surface area contributed by atoms with Gasteiger partial charge in [-0.05, 0) is 48.0 Å². The van der Waals surface area contributed by atoms with E-state index >= 15 is 0 Å². The van der Waals surface area contributed by atoms with Gasteiger partial charge in [-0.25, -0.2) is 5.01 Å². The highest BCUT2D eigenvalue weighted by molar-refractivity contribution is 9.10. The van der Waals surface area contributed by atoms with E-state index in [4.69, 9.17) is 33.0 Å². The quantitative estimate of drug-likeness (QED) is 0.400. The van der Waals surface area contributed by atoms with Gasteiger partial charge >= 0.3 is 0 Å². The molecule has 0 N–H and O–H groups in total. The summed E-state index contributed by atoms with van der Waals surface area (Å²) in [5.74, 6) is 0.877. The van der Waals surface area contributed by atoms with E-state index in [0.29, 0.717) is 5.02 Å². The summed E-state index contributed by atoms with van der Waals surface area (Å²) in [6.07, 6.45) is 0.466. The molecule has 0 saturated heterocycles. The van der Waals surface area contributed by atoms with Gasteiger partial charge in [-0.2, -0.15) is 5.10 Å². The van der Waals surface area contributed by atoms with Gasteiger partial charge in [0.1, 0.15) is 5.75 Å². The predicted molar refractivity (Wildman–Crippen MR) is 116 cm³/mol. The molecule has 3 nitrogen and oxygen atoms in total. The Morgan fingerprint density at radius 1 is 0.964 bits per heavy atom. The highest BCUT2D eigenvalue weighted by Gasteiger charge is 2.41. The zero-order chi connectivity index (χ0) is 19.3. The number of halogens is 3. The molecule has 3 aromatic rings. The van der Waals surface area contributed by atoms with Crippen LogP contribution in [0.3, 0.4) is 0 Å². The number of rotatable bonds is 2. The Hall–Kier alpha value is -2.01. The van der Waals surface area contributed by atoms with Crippen LogP contribution in [0.4, 0.5) is 0 Å². The SMILES string of the molecule is Clc1ccc(C2=NN3[C@H](C2)c2cc(Br)ccc2O[C@@H]3c2cccc(Cl)c2)cc1. The summed E-state index contributed by atoms with van der Waals surface area (Å²) in [5.41, 5.74) is 4.19. The fraction of sp³-hybridized carbons (Fsp3) is 0.136. The maximum atomic E-state index is 6.36. The van der Waals surface area contributed by atoms with Crippen LogP contribution in [0.15, 0.2) is 76.3 Å². The molecule has 0 saturated carbocycles. The fourth-order valence-corrected chi connectivity index (χ4v) is 4.46. The zero-order valence-corrected chi connectivity index (χ0v) is 17.7. The average Bonchev–Trinajstić information content (AvgIpc) is 3.14. The average molecular weight is 474 g/mol. The van der Waals surface area contributed by atoms with Crippen molar-refractivity contribution in [1.29, 1.82) is 0 Å². The number of nitrogens with zero attached hydrogens (tertiary/aromatic N) is 2. The maximum absolute atomic E-state index is 6.36. The molecule has 0 radical (unpaired) electrons. The van der Waals surface area contributed by atoms with Gasteiger partial charge in [-0.3, -0.25) is 0 Å². The molecule has 5 rings (SSSR count). The van der Waals surface area contributed by atoms with E-state index in [0.717, 1.165) is 44.1 Å². The number of ether oxygens (including phenoxy) is 1. The Bertz CT molecular complexity index is 1080. The highest BCUT2D eigenvalue weighted by Crippen LogP contribution is 2.48. The second-order valence-corrected chi connectivity index (χ2v) is 8.65. The van der Waals surface area contributed by atoms with Crippen molar-refractivity contribution >= 4 is 44.8 Å². The monoisotopic (exact) mass is 472 g/mol. The van der Waals surface area contributed by atoms with E-state index in [1.54, 1.807) is 0 Å². The van der Waals surface area contributed by atoms with Crippen LogP contribution in [0.2, 0.25) is 10.0 Å². The molecule has 0 amide bonds. The van der Waals surface area contributed by atoms with E-state index in [2.05, 4.69) is 22.0 Å². The fourth-order valence-electron chi connectivity index (χ4n) is 3.76. The molecule has 28 heavy (non-hydrogen) atoms. The molecule has 140 valence electrons. The van der Waals surface area contributed by atoms with E-state index in [9.17, 15) is 0 Å². The molecule has 6 heteroatoms. The lowest BCUT2D eigenvalue weighted by Gasteiger charge is -2.38. The first-order valence-corrected chi connectivity index (χ1v) is 10.5. The van der Waals surface area contributed by atoms with Crippen LogP contribution < -0.4 is 4.74 Å². The molecule has 0 bridgehead atoms. The summed E-state index contributed by atoms with van der Waals surface area (Å²) in [6, 6.07) is 21.8. The second kappa shape index (κ2) is 7.11. The molecule has 2 aliphatic heterocycles. The van der Waals surface area contributed by atoms with Crippen molar-refractivity contribution in [3.8, 4) is 5.75 Å².